The van der Waals surface area contributed by atoms with Crippen LogP contribution in [0, 0.1) is 24.0 Å². The van der Waals surface area contributed by atoms with Crippen molar-refractivity contribution in [1.29, 1.82) is 0 Å². The summed E-state index contributed by atoms with van der Waals surface area (Å²) in [5.74, 6) is 0.600. The maximum atomic E-state index is 13.1. The Balaban J connectivity index is 1.83. The van der Waals surface area contributed by atoms with Crippen LogP contribution in [0.3, 0.4) is 0 Å². The van der Waals surface area contributed by atoms with Gasteiger partial charge in [-0.3, -0.25) is 10.1 Å². The number of hydrogen-bond acceptors (Lipinski definition) is 6. The second kappa shape index (κ2) is 8.58. The number of halogens is 3. The van der Waals surface area contributed by atoms with E-state index >= 15 is 0 Å². The molecule has 0 aliphatic carbocycles. The van der Waals surface area contributed by atoms with Crippen LogP contribution in [0.4, 0.5) is 24.5 Å². The lowest BCUT2D eigenvalue weighted by Crippen LogP contribution is -2.48. The molecule has 0 radical (unpaired) electrons. The van der Waals surface area contributed by atoms with Crippen LogP contribution in [0.1, 0.15) is 16.7 Å². The summed E-state index contributed by atoms with van der Waals surface area (Å²) in [6.45, 7) is 3.74. The van der Waals surface area contributed by atoms with Crippen LogP contribution in [0.15, 0.2) is 35.2 Å². The second-order valence-electron chi connectivity index (χ2n) is 7.44. The molecule has 174 valence electrons. The number of rotatable bonds is 5. The number of ether oxygens (including phenoxy) is 1. The van der Waals surface area contributed by atoms with Crippen molar-refractivity contribution in [2.75, 3.05) is 38.2 Å². The summed E-state index contributed by atoms with van der Waals surface area (Å²) in [7, 11) is -2.32. The van der Waals surface area contributed by atoms with Gasteiger partial charge in [0.2, 0.25) is 10.0 Å². The summed E-state index contributed by atoms with van der Waals surface area (Å²) in [4.78, 5) is 12.1. The predicted octanol–water partition coefficient (Wildman–Crippen LogP) is 3.75. The molecular weight excluding hydrogens is 451 g/mol. The van der Waals surface area contributed by atoms with Crippen LogP contribution in [0.5, 0.6) is 5.75 Å². The van der Waals surface area contributed by atoms with Crippen molar-refractivity contribution < 1.29 is 31.2 Å². The largest absolute Gasteiger partial charge is 0.496 e. The lowest BCUT2D eigenvalue weighted by molar-refractivity contribution is -0.384. The Labute approximate surface area is 183 Å². The van der Waals surface area contributed by atoms with Crippen LogP contribution >= 0.6 is 0 Å². The van der Waals surface area contributed by atoms with Gasteiger partial charge in [-0.25, -0.2) is 8.42 Å². The molecule has 1 saturated heterocycles. The SMILES string of the molecule is COc1c(C)cc(S(=O)(=O)N2CCN(c3ccc(C(F)(F)F)cc3[N+](=O)[O-])CC2)cc1C. The van der Waals surface area contributed by atoms with Gasteiger partial charge in [-0.2, -0.15) is 17.5 Å². The van der Waals surface area contributed by atoms with Gasteiger partial charge in [-0.1, -0.05) is 0 Å². The number of sulfonamides is 1. The first-order valence-corrected chi connectivity index (χ1v) is 11.1. The van der Waals surface area contributed by atoms with E-state index in [1.54, 1.807) is 13.8 Å². The maximum absolute atomic E-state index is 13.1. The number of anilines is 1. The van der Waals surface area contributed by atoms with Crippen LogP contribution in [-0.2, 0) is 16.2 Å². The number of alkyl halides is 3. The van der Waals surface area contributed by atoms with Gasteiger partial charge < -0.3 is 9.64 Å². The summed E-state index contributed by atoms with van der Waals surface area (Å²) in [6.07, 6.45) is -4.70. The van der Waals surface area contributed by atoms with Crippen LogP contribution in [0.25, 0.3) is 0 Å². The van der Waals surface area contributed by atoms with Crippen molar-refractivity contribution in [3.05, 3.63) is 57.1 Å². The molecule has 0 amide bonds. The van der Waals surface area contributed by atoms with Crippen molar-refractivity contribution in [2.45, 2.75) is 24.9 Å². The zero-order valence-corrected chi connectivity index (χ0v) is 18.5. The van der Waals surface area contributed by atoms with Crippen LogP contribution < -0.4 is 9.64 Å². The van der Waals surface area contributed by atoms with E-state index in [2.05, 4.69) is 0 Å². The summed E-state index contributed by atoms with van der Waals surface area (Å²) >= 11 is 0. The quantitative estimate of drug-likeness (QED) is 0.485. The Morgan fingerprint density at radius 1 is 1.03 bits per heavy atom. The highest BCUT2D eigenvalue weighted by Gasteiger charge is 2.35. The molecule has 0 aromatic heterocycles. The van der Waals surface area contributed by atoms with Gasteiger partial charge >= 0.3 is 6.18 Å². The third-order valence-electron chi connectivity index (χ3n) is 5.35. The van der Waals surface area contributed by atoms with E-state index < -0.39 is 32.4 Å². The number of methoxy groups -OCH3 is 1. The van der Waals surface area contributed by atoms with Gasteiger partial charge in [0.05, 0.1) is 22.5 Å². The van der Waals surface area contributed by atoms with E-state index in [-0.39, 0.29) is 36.8 Å². The molecule has 32 heavy (non-hydrogen) atoms. The average Bonchev–Trinajstić information content (AvgIpc) is 2.72. The van der Waals surface area contributed by atoms with Gasteiger partial charge in [-0.15, -0.1) is 0 Å². The lowest BCUT2D eigenvalue weighted by Gasteiger charge is -2.35. The van der Waals surface area contributed by atoms with Gasteiger partial charge in [0.25, 0.3) is 5.69 Å². The standard InChI is InChI=1S/C20H22F3N3O5S/c1-13-10-16(11-14(2)19(13)31-3)32(29,30)25-8-6-24(7-9-25)17-5-4-15(20(21,22)23)12-18(17)26(27)28/h4-5,10-12H,6-9H2,1-3H3. The smallest absolute Gasteiger partial charge is 0.416 e. The van der Waals surface area contributed by atoms with Crippen molar-refractivity contribution in [1.82, 2.24) is 4.31 Å². The molecule has 1 fully saturated rings. The lowest BCUT2D eigenvalue weighted by atomic mass is 10.1. The monoisotopic (exact) mass is 473 g/mol. The zero-order valence-electron chi connectivity index (χ0n) is 17.6. The Hall–Kier alpha value is -2.86. The summed E-state index contributed by atoms with van der Waals surface area (Å²) in [5, 5.41) is 11.4. The van der Waals surface area contributed by atoms with Gasteiger partial charge in [0.15, 0.2) is 0 Å². The molecule has 0 saturated carbocycles. The van der Waals surface area contributed by atoms with E-state index in [1.165, 1.54) is 28.4 Å². The molecule has 0 unspecified atom stereocenters. The molecule has 12 heteroatoms. The Morgan fingerprint density at radius 2 is 1.59 bits per heavy atom. The highest BCUT2D eigenvalue weighted by atomic mass is 32.2. The average molecular weight is 473 g/mol. The molecule has 1 aliphatic rings. The highest BCUT2D eigenvalue weighted by Crippen LogP contribution is 2.37. The van der Waals surface area contributed by atoms with E-state index in [0.29, 0.717) is 22.9 Å². The van der Waals surface area contributed by atoms with E-state index in [4.69, 9.17) is 4.74 Å². The van der Waals surface area contributed by atoms with Gasteiger partial charge in [0, 0.05) is 32.2 Å². The second-order valence-corrected chi connectivity index (χ2v) is 9.38. The molecule has 2 aromatic carbocycles. The third kappa shape index (κ3) is 4.51. The van der Waals surface area contributed by atoms with Crippen molar-refractivity contribution >= 4 is 21.4 Å². The molecule has 3 rings (SSSR count). The first-order chi connectivity index (χ1) is 14.9. The number of nitro groups is 1. The van der Waals surface area contributed by atoms with E-state index in [9.17, 15) is 31.7 Å². The number of nitrogens with zero attached hydrogens (tertiary/aromatic N) is 3. The zero-order chi connectivity index (χ0) is 23.8. The van der Waals surface area contributed by atoms with Crippen LogP contribution in [0.2, 0.25) is 0 Å². The minimum atomic E-state index is -4.70. The Kier molecular flexibility index (Phi) is 6.38. The molecule has 0 spiro atoms. The first-order valence-electron chi connectivity index (χ1n) is 9.62. The Bertz CT molecular complexity index is 1120. The van der Waals surface area contributed by atoms with E-state index in [0.717, 1.165) is 12.1 Å². The maximum Gasteiger partial charge on any atom is 0.416 e. The third-order valence-corrected chi connectivity index (χ3v) is 7.23. The minimum Gasteiger partial charge on any atom is -0.496 e. The molecule has 8 nitrogen and oxygen atoms in total. The normalized spacial score (nSPS) is 15.6. The molecule has 1 heterocycles. The van der Waals surface area contributed by atoms with Crippen molar-refractivity contribution in [3.8, 4) is 5.75 Å². The highest BCUT2D eigenvalue weighted by molar-refractivity contribution is 7.89. The molecule has 0 atom stereocenters. The number of benzene rings is 2. The fraction of sp³-hybridized carbons (Fsp3) is 0.400. The number of nitro benzene ring substituents is 1. The molecular formula is C20H22F3N3O5S. The Morgan fingerprint density at radius 3 is 2.06 bits per heavy atom. The predicted molar refractivity (Wildman–Crippen MR) is 112 cm³/mol. The fourth-order valence-corrected chi connectivity index (χ4v) is 5.41. The van der Waals surface area contributed by atoms with Crippen molar-refractivity contribution in [3.63, 3.8) is 0 Å². The summed E-state index contributed by atoms with van der Waals surface area (Å²) in [6, 6.07) is 5.39. The van der Waals surface area contributed by atoms with Crippen molar-refractivity contribution in [2.24, 2.45) is 0 Å². The number of piperazine rings is 1. The minimum absolute atomic E-state index is 0.0242. The van der Waals surface area contributed by atoms with Crippen LogP contribution in [-0.4, -0.2) is 50.9 Å². The van der Waals surface area contributed by atoms with Gasteiger partial charge in [0.1, 0.15) is 11.4 Å². The van der Waals surface area contributed by atoms with E-state index in [1.807, 2.05) is 0 Å². The topological polar surface area (TPSA) is 93.0 Å². The molecule has 0 N–H and O–H groups in total. The summed E-state index contributed by atoms with van der Waals surface area (Å²) < 4.78 is 71.5. The van der Waals surface area contributed by atoms with Gasteiger partial charge in [-0.05, 0) is 49.2 Å². The number of hydrogen-bond donors (Lipinski definition) is 0. The molecule has 2 aromatic rings. The molecule has 1 aliphatic heterocycles. The molecule has 0 bridgehead atoms. The first kappa shape index (κ1) is 23.8. The summed E-state index contributed by atoms with van der Waals surface area (Å²) in [5.41, 5.74) is -0.414. The fourth-order valence-electron chi connectivity index (χ4n) is 3.81. The number of aryl methyl sites for hydroxylation is 2.